The lowest BCUT2D eigenvalue weighted by molar-refractivity contribution is -0.123. The third kappa shape index (κ3) is 3.49. The van der Waals surface area contributed by atoms with Gasteiger partial charge in [-0.3, -0.25) is 9.59 Å². The highest BCUT2D eigenvalue weighted by atomic mass is 32.2. The van der Waals surface area contributed by atoms with Crippen LogP contribution in [0.1, 0.15) is 21.5 Å². The van der Waals surface area contributed by atoms with E-state index in [4.69, 9.17) is 9.47 Å². The Labute approximate surface area is 201 Å². The topological polar surface area (TPSA) is 59.1 Å². The van der Waals surface area contributed by atoms with Gasteiger partial charge in [0.2, 0.25) is 0 Å². The Morgan fingerprint density at radius 3 is 2.47 bits per heavy atom. The summed E-state index contributed by atoms with van der Waals surface area (Å²) in [6.07, 6.45) is 0. The van der Waals surface area contributed by atoms with E-state index in [9.17, 15) is 14.0 Å². The van der Waals surface area contributed by atoms with Crippen LogP contribution in [-0.2, 0) is 16.2 Å². The number of hydrogen-bond acceptors (Lipinski definition) is 5. The van der Waals surface area contributed by atoms with Gasteiger partial charge in [0.15, 0.2) is 4.87 Å². The summed E-state index contributed by atoms with van der Waals surface area (Å²) in [7, 11) is 3.13. The summed E-state index contributed by atoms with van der Waals surface area (Å²) in [5.74, 6) is 1.04. The highest BCUT2D eigenvalue weighted by molar-refractivity contribution is 8.01. The molecule has 2 heterocycles. The fraction of sp³-hybridized carbons (Fsp3) is 0.231. The lowest BCUT2D eigenvalue weighted by atomic mass is 10.0. The van der Waals surface area contributed by atoms with Crippen molar-refractivity contribution in [1.29, 1.82) is 0 Å². The fourth-order valence-electron chi connectivity index (χ4n) is 4.59. The molecule has 0 radical (unpaired) electrons. The van der Waals surface area contributed by atoms with Crippen molar-refractivity contribution in [3.63, 3.8) is 0 Å². The molecule has 3 aromatic carbocycles. The van der Waals surface area contributed by atoms with E-state index in [-0.39, 0.29) is 24.2 Å². The van der Waals surface area contributed by atoms with Crippen LogP contribution in [0.25, 0.3) is 0 Å². The van der Waals surface area contributed by atoms with E-state index in [2.05, 4.69) is 0 Å². The zero-order valence-electron chi connectivity index (χ0n) is 18.8. The van der Waals surface area contributed by atoms with Gasteiger partial charge in [-0.1, -0.05) is 12.1 Å². The molecule has 3 aromatic rings. The lowest BCUT2D eigenvalue weighted by Crippen LogP contribution is -2.50. The van der Waals surface area contributed by atoms with Crippen molar-refractivity contribution in [2.45, 2.75) is 11.4 Å². The smallest absolute Gasteiger partial charge is 0.268 e. The van der Waals surface area contributed by atoms with E-state index in [1.165, 1.54) is 23.9 Å². The first-order valence-corrected chi connectivity index (χ1v) is 11.8. The number of hydrogen-bond donors (Lipinski definition) is 0. The molecule has 0 saturated carbocycles. The van der Waals surface area contributed by atoms with Gasteiger partial charge in [-0.05, 0) is 60.2 Å². The van der Waals surface area contributed by atoms with Crippen LogP contribution in [0.15, 0.2) is 66.7 Å². The number of rotatable bonds is 5. The van der Waals surface area contributed by atoms with Crippen molar-refractivity contribution in [3.8, 4) is 11.5 Å². The third-order valence-corrected chi connectivity index (χ3v) is 7.63. The zero-order chi connectivity index (χ0) is 23.9. The summed E-state index contributed by atoms with van der Waals surface area (Å²) in [6, 6.07) is 18.5. The number of nitrogens with zero attached hydrogens (tertiary/aromatic N) is 2. The highest BCUT2D eigenvalue weighted by Gasteiger charge is 2.59. The minimum Gasteiger partial charge on any atom is -0.497 e. The molecule has 2 amide bonds. The van der Waals surface area contributed by atoms with Crippen molar-refractivity contribution in [3.05, 3.63) is 89.2 Å². The van der Waals surface area contributed by atoms with Gasteiger partial charge in [0.1, 0.15) is 17.3 Å². The summed E-state index contributed by atoms with van der Waals surface area (Å²) < 4.78 is 24.5. The van der Waals surface area contributed by atoms with Crippen LogP contribution in [0.2, 0.25) is 0 Å². The molecule has 34 heavy (non-hydrogen) atoms. The van der Waals surface area contributed by atoms with E-state index in [1.54, 1.807) is 66.5 Å². The third-order valence-electron chi connectivity index (χ3n) is 6.21. The van der Waals surface area contributed by atoms with Crippen LogP contribution >= 0.6 is 11.8 Å². The van der Waals surface area contributed by atoms with Crippen molar-refractivity contribution < 1.29 is 23.5 Å². The van der Waals surface area contributed by atoms with Crippen LogP contribution in [0.4, 0.5) is 10.1 Å². The van der Waals surface area contributed by atoms with E-state index in [0.717, 1.165) is 0 Å². The van der Waals surface area contributed by atoms with Gasteiger partial charge in [-0.2, -0.15) is 0 Å². The van der Waals surface area contributed by atoms with E-state index in [1.807, 2.05) is 12.1 Å². The standard InChI is InChI=1S/C26H23FN2O4S/c1-32-20-8-6-18(7-9-20)24(30)29-12-13-34-26(29)22-15-21(33-2)10-11-23(22)28(25(26)31)16-17-4-3-5-19(27)14-17/h3-11,14-15H,12-13,16H2,1-2H3. The van der Waals surface area contributed by atoms with Gasteiger partial charge in [0.25, 0.3) is 11.8 Å². The van der Waals surface area contributed by atoms with Gasteiger partial charge in [-0.25, -0.2) is 4.39 Å². The number of halogens is 1. The van der Waals surface area contributed by atoms with Crippen LogP contribution < -0.4 is 14.4 Å². The second-order valence-electron chi connectivity index (χ2n) is 8.08. The van der Waals surface area contributed by atoms with Crippen LogP contribution in [0.3, 0.4) is 0 Å². The van der Waals surface area contributed by atoms with E-state index in [0.29, 0.717) is 46.2 Å². The highest BCUT2D eigenvalue weighted by Crippen LogP contribution is 2.55. The quantitative estimate of drug-likeness (QED) is 0.543. The molecular formula is C26H23FN2O4S. The minimum atomic E-state index is -1.21. The first-order chi connectivity index (χ1) is 16.5. The summed E-state index contributed by atoms with van der Waals surface area (Å²) in [5.41, 5.74) is 2.54. The van der Waals surface area contributed by atoms with E-state index < -0.39 is 4.87 Å². The fourth-order valence-corrected chi connectivity index (χ4v) is 6.04. The average molecular weight is 479 g/mol. The first kappa shape index (κ1) is 22.3. The molecule has 1 fully saturated rings. The Hall–Kier alpha value is -3.52. The predicted octanol–water partition coefficient (Wildman–Crippen LogP) is 4.43. The van der Waals surface area contributed by atoms with Crippen molar-refractivity contribution >= 4 is 29.3 Å². The maximum Gasteiger partial charge on any atom is 0.268 e. The summed E-state index contributed by atoms with van der Waals surface area (Å²) in [6.45, 7) is 0.620. The molecule has 0 aromatic heterocycles. The second-order valence-corrected chi connectivity index (χ2v) is 9.37. The average Bonchev–Trinajstić information content (AvgIpc) is 3.40. The molecule has 5 rings (SSSR count). The molecule has 1 spiro atoms. The number of carbonyl (C=O) groups is 2. The maximum atomic E-state index is 14.1. The van der Waals surface area contributed by atoms with Gasteiger partial charge in [0, 0.05) is 23.4 Å². The Morgan fingerprint density at radius 1 is 1.03 bits per heavy atom. The molecule has 0 N–H and O–H groups in total. The number of methoxy groups -OCH3 is 2. The molecule has 2 aliphatic heterocycles. The summed E-state index contributed by atoms with van der Waals surface area (Å²) in [4.78, 5) is 29.8. The zero-order valence-corrected chi connectivity index (χ0v) is 19.6. The Morgan fingerprint density at radius 2 is 1.76 bits per heavy atom. The molecule has 0 aliphatic carbocycles. The molecule has 1 atom stereocenters. The number of carbonyl (C=O) groups excluding carboxylic acids is 2. The molecule has 1 saturated heterocycles. The number of anilines is 1. The number of amides is 2. The van der Waals surface area contributed by atoms with Gasteiger partial charge >= 0.3 is 0 Å². The SMILES string of the molecule is COc1ccc(C(=O)N2CCSC23C(=O)N(Cc2cccc(F)c2)c2ccc(OC)cc23)cc1. The second kappa shape index (κ2) is 8.68. The molecule has 2 aliphatic rings. The molecular weight excluding hydrogens is 455 g/mol. The maximum absolute atomic E-state index is 14.1. The number of thioether (sulfide) groups is 1. The number of fused-ring (bicyclic) bond motifs is 2. The molecule has 6 nitrogen and oxygen atoms in total. The normalized spacial score (nSPS) is 19.0. The monoisotopic (exact) mass is 478 g/mol. The van der Waals surface area contributed by atoms with Crippen molar-refractivity contribution in [2.75, 3.05) is 31.4 Å². The van der Waals surface area contributed by atoms with Gasteiger partial charge in [-0.15, -0.1) is 11.8 Å². The summed E-state index contributed by atoms with van der Waals surface area (Å²) >= 11 is 1.44. The molecule has 0 bridgehead atoms. The van der Waals surface area contributed by atoms with Crippen LogP contribution in [0.5, 0.6) is 11.5 Å². The Kier molecular flexibility index (Phi) is 5.69. The Balaban J connectivity index is 1.59. The first-order valence-electron chi connectivity index (χ1n) is 10.8. The molecule has 174 valence electrons. The Bertz CT molecular complexity index is 1270. The predicted molar refractivity (Wildman–Crippen MR) is 129 cm³/mol. The minimum absolute atomic E-state index is 0.197. The number of ether oxygens (including phenoxy) is 2. The largest absolute Gasteiger partial charge is 0.497 e. The van der Waals surface area contributed by atoms with Crippen molar-refractivity contribution in [1.82, 2.24) is 4.90 Å². The van der Waals surface area contributed by atoms with Crippen LogP contribution in [0, 0.1) is 5.82 Å². The van der Waals surface area contributed by atoms with Crippen LogP contribution in [-0.4, -0.2) is 43.2 Å². The van der Waals surface area contributed by atoms with Gasteiger partial charge in [0.05, 0.1) is 26.5 Å². The molecule has 1 unspecified atom stereocenters. The lowest BCUT2D eigenvalue weighted by Gasteiger charge is -2.33. The molecule has 8 heteroatoms. The summed E-state index contributed by atoms with van der Waals surface area (Å²) in [5, 5.41) is 0. The van der Waals surface area contributed by atoms with E-state index >= 15 is 0 Å². The number of benzene rings is 3. The van der Waals surface area contributed by atoms with Crippen molar-refractivity contribution in [2.24, 2.45) is 0 Å². The van der Waals surface area contributed by atoms with Gasteiger partial charge < -0.3 is 19.3 Å².